The molecular weight excluding hydrogens is 745 g/mol. The van der Waals surface area contributed by atoms with E-state index in [1.165, 1.54) is 75.1 Å². The van der Waals surface area contributed by atoms with Crippen LogP contribution in [0.2, 0.25) is 0 Å². The molecule has 0 atom stereocenters. The Morgan fingerprint density at radius 3 is 1.73 bits per heavy atom. The van der Waals surface area contributed by atoms with Crippen molar-refractivity contribution >= 4 is 53.1 Å². The standard InChI is InChI=1S/C57H38N2S/c1-57(2)50-33-42(22-24-46(50)48-30-38-16-8-9-17-39(38)32-51(48)57)52-34-53(59-56(58-52)36-13-4-3-5-14-36)45-28-43(40-21-20-35-12-6-7-15-37(35)26-40)27-44(29-45)41-23-25-55-49(31-41)47-18-10-11-19-54(47)60-55/h3-34H,1-2H3. The first kappa shape index (κ1) is 34.8. The summed E-state index contributed by atoms with van der Waals surface area (Å²) in [7, 11) is 0. The molecule has 0 aliphatic heterocycles. The predicted molar refractivity (Wildman–Crippen MR) is 255 cm³/mol. The van der Waals surface area contributed by atoms with E-state index >= 15 is 0 Å². The first-order chi connectivity index (χ1) is 29.4. The molecule has 282 valence electrons. The number of rotatable bonds is 5. The minimum absolute atomic E-state index is 0.166. The van der Waals surface area contributed by atoms with Gasteiger partial charge >= 0.3 is 0 Å². The van der Waals surface area contributed by atoms with Crippen LogP contribution in [0.25, 0.3) is 109 Å². The molecule has 1 aliphatic rings. The first-order valence-electron chi connectivity index (χ1n) is 20.6. The summed E-state index contributed by atoms with van der Waals surface area (Å²) in [6.45, 7) is 4.71. The van der Waals surface area contributed by atoms with Gasteiger partial charge in [-0.3, -0.25) is 0 Å². The van der Waals surface area contributed by atoms with E-state index < -0.39 is 0 Å². The Kier molecular flexibility index (Phi) is 7.79. The normalized spacial score (nSPS) is 13.0. The lowest BCUT2D eigenvalue weighted by molar-refractivity contribution is 0.661. The summed E-state index contributed by atoms with van der Waals surface area (Å²) < 4.78 is 2.61. The van der Waals surface area contributed by atoms with Crippen LogP contribution < -0.4 is 0 Å². The van der Waals surface area contributed by atoms with E-state index in [4.69, 9.17) is 9.97 Å². The molecule has 3 heteroatoms. The lowest BCUT2D eigenvalue weighted by Gasteiger charge is -2.22. The largest absolute Gasteiger partial charge is 0.228 e. The number of aromatic nitrogens is 2. The van der Waals surface area contributed by atoms with Crippen molar-refractivity contribution in [3.8, 4) is 67.3 Å². The molecule has 9 aromatic carbocycles. The van der Waals surface area contributed by atoms with Gasteiger partial charge in [-0.15, -0.1) is 11.3 Å². The van der Waals surface area contributed by atoms with Gasteiger partial charge in [0.05, 0.1) is 11.4 Å². The molecule has 2 aromatic heterocycles. The van der Waals surface area contributed by atoms with Crippen molar-refractivity contribution in [2.45, 2.75) is 19.3 Å². The summed E-state index contributed by atoms with van der Waals surface area (Å²) >= 11 is 1.85. The smallest absolute Gasteiger partial charge is 0.160 e. The average molecular weight is 783 g/mol. The van der Waals surface area contributed by atoms with Gasteiger partial charge in [0, 0.05) is 42.3 Å². The van der Waals surface area contributed by atoms with E-state index in [1.807, 2.05) is 17.4 Å². The minimum atomic E-state index is -0.166. The maximum absolute atomic E-state index is 5.36. The van der Waals surface area contributed by atoms with Crippen molar-refractivity contribution in [3.05, 3.63) is 205 Å². The van der Waals surface area contributed by atoms with Gasteiger partial charge in [-0.05, 0) is 133 Å². The van der Waals surface area contributed by atoms with E-state index in [0.717, 1.165) is 39.2 Å². The molecule has 0 radical (unpaired) electrons. The topological polar surface area (TPSA) is 25.8 Å². The van der Waals surface area contributed by atoms with Crippen LogP contribution in [0, 0.1) is 0 Å². The molecule has 2 heterocycles. The lowest BCUT2D eigenvalue weighted by Crippen LogP contribution is -2.15. The summed E-state index contributed by atoms with van der Waals surface area (Å²) in [5.41, 5.74) is 14.7. The summed E-state index contributed by atoms with van der Waals surface area (Å²) in [6, 6.07) is 70.9. The number of benzene rings is 9. The van der Waals surface area contributed by atoms with Gasteiger partial charge in [-0.25, -0.2) is 9.97 Å². The lowest BCUT2D eigenvalue weighted by atomic mass is 9.81. The quantitative estimate of drug-likeness (QED) is 0.174. The molecule has 0 fully saturated rings. The van der Waals surface area contributed by atoms with Gasteiger partial charge in [-0.1, -0.05) is 141 Å². The number of hydrogen-bond acceptors (Lipinski definition) is 3. The number of hydrogen-bond donors (Lipinski definition) is 0. The predicted octanol–water partition coefficient (Wildman–Crippen LogP) is 15.8. The second kappa shape index (κ2) is 13.4. The summed E-state index contributed by atoms with van der Waals surface area (Å²) in [5.74, 6) is 0.709. The zero-order valence-electron chi connectivity index (χ0n) is 33.3. The van der Waals surface area contributed by atoms with E-state index in [-0.39, 0.29) is 5.41 Å². The van der Waals surface area contributed by atoms with Crippen molar-refractivity contribution in [1.82, 2.24) is 9.97 Å². The van der Waals surface area contributed by atoms with Gasteiger partial charge in [0.15, 0.2) is 5.82 Å². The van der Waals surface area contributed by atoms with Crippen LogP contribution in [-0.2, 0) is 5.41 Å². The molecule has 0 N–H and O–H groups in total. The highest BCUT2D eigenvalue weighted by Crippen LogP contribution is 2.51. The van der Waals surface area contributed by atoms with Crippen LogP contribution in [0.1, 0.15) is 25.0 Å². The van der Waals surface area contributed by atoms with Gasteiger partial charge < -0.3 is 0 Å². The monoisotopic (exact) mass is 782 g/mol. The van der Waals surface area contributed by atoms with E-state index in [1.54, 1.807) is 0 Å². The highest BCUT2D eigenvalue weighted by atomic mass is 32.1. The number of fused-ring (bicyclic) bond motifs is 8. The van der Waals surface area contributed by atoms with Crippen molar-refractivity contribution in [2.75, 3.05) is 0 Å². The minimum Gasteiger partial charge on any atom is -0.228 e. The fraction of sp³-hybridized carbons (Fsp3) is 0.0526. The SMILES string of the molecule is CC1(C)c2cc(-c3cc(-c4cc(-c5ccc6ccccc6c5)cc(-c5ccc6sc7ccccc7c6c5)c4)nc(-c4ccccc4)n3)ccc2-c2cc3ccccc3cc21. The van der Waals surface area contributed by atoms with Gasteiger partial charge in [0.1, 0.15) is 0 Å². The van der Waals surface area contributed by atoms with Crippen LogP contribution in [0.15, 0.2) is 194 Å². The summed E-state index contributed by atoms with van der Waals surface area (Å²) in [5, 5.41) is 7.58. The molecule has 0 saturated heterocycles. The Bertz CT molecular complexity index is 3520. The second-order valence-corrected chi connectivity index (χ2v) is 17.7. The summed E-state index contributed by atoms with van der Waals surface area (Å²) in [4.78, 5) is 10.7. The van der Waals surface area contributed by atoms with Crippen molar-refractivity contribution in [1.29, 1.82) is 0 Å². The highest BCUT2D eigenvalue weighted by molar-refractivity contribution is 7.25. The third-order valence-corrected chi connectivity index (χ3v) is 13.8. The maximum Gasteiger partial charge on any atom is 0.160 e. The molecular formula is C57H38N2S. The number of nitrogens with zero attached hydrogens (tertiary/aromatic N) is 2. The molecule has 0 unspecified atom stereocenters. The molecule has 0 spiro atoms. The first-order valence-corrected chi connectivity index (χ1v) is 21.4. The van der Waals surface area contributed by atoms with E-state index in [2.05, 4.69) is 202 Å². The molecule has 1 aliphatic carbocycles. The van der Waals surface area contributed by atoms with Crippen LogP contribution in [-0.4, -0.2) is 9.97 Å². The Morgan fingerprint density at radius 1 is 0.350 bits per heavy atom. The molecule has 0 amide bonds. The summed E-state index contributed by atoms with van der Waals surface area (Å²) in [6.07, 6.45) is 0. The maximum atomic E-state index is 5.36. The fourth-order valence-electron chi connectivity index (χ4n) is 9.42. The van der Waals surface area contributed by atoms with Crippen molar-refractivity contribution in [3.63, 3.8) is 0 Å². The van der Waals surface area contributed by atoms with Crippen LogP contribution in [0.5, 0.6) is 0 Å². The second-order valence-electron chi connectivity index (χ2n) is 16.6. The Morgan fingerprint density at radius 2 is 0.933 bits per heavy atom. The Balaban J connectivity index is 1.06. The fourth-order valence-corrected chi connectivity index (χ4v) is 10.5. The molecule has 11 aromatic rings. The van der Waals surface area contributed by atoms with Crippen molar-refractivity contribution < 1.29 is 0 Å². The van der Waals surface area contributed by atoms with Gasteiger partial charge in [0.25, 0.3) is 0 Å². The number of thiophene rings is 1. The average Bonchev–Trinajstić information content (AvgIpc) is 3.78. The van der Waals surface area contributed by atoms with E-state index in [9.17, 15) is 0 Å². The van der Waals surface area contributed by atoms with Crippen molar-refractivity contribution in [2.24, 2.45) is 0 Å². The molecule has 60 heavy (non-hydrogen) atoms. The highest BCUT2D eigenvalue weighted by Gasteiger charge is 2.36. The van der Waals surface area contributed by atoms with Crippen LogP contribution in [0.4, 0.5) is 0 Å². The zero-order chi connectivity index (χ0) is 40.0. The van der Waals surface area contributed by atoms with Crippen LogP contribution >= 0.6 is 11.3 Å². The molecule has 0 bridgehead atoms. The molecule has 2 nitrogen and oxygen atoms in total. The molecule has 0 saturated carbocycles. The van der Waals surface area contributed by atoms with E-state index in [0.29, 0.717) is 5.82 Å². The van der Waals surface area contributed by atoms with Crippen LogP contribution in [0.3, 0.4) is 0 Å². The van der Waals surface area contributed by atoms with Gasteiger partial charge in [-0.2, -0.15) is 0 Å². The molecule has 12 rings (SSSR count). The Labute approximate surface area is 353 Å². The third-order valence-electron chi connectivity index (χ3n) is 12.6. The van der Waals surface area contributed by atoms with Gasteiger partial charge in [0.2, 0.25) is 0 Å². The zero-order valence-corrected chi connectivity index (χ0v) is 34.1. The Hall–Kier alpha value is -7.20. The third kappa shape index (κ3) is 5.69.